The van der Waals surface area contributed by atoms with E-state index < -0.39 is 0 Å². The van der Waals surface area contributed by atoms with E-state index >= 15 is 0 Å². The Balaban J connectivity index is 1.09. The number of nitrogens with zero attached hydrogens (tertiary/aromatic N) is 3. The molecule has 1 saturated carbocycles. The van der Waals surface area contributed by atoms with E-state index in [0.29, 0.717) is 18.2 Å². The number of hydrogen-bond acceptors (Lipinski definition) is 4. The monoisotopic (exact) mass is 422 g/mol. The van der Waals surface area contributed by atoms with Crippen LogP contribution in [0.25, 0.3) is 0 Å². The molecule has 1 aromatic heterocycles. The van der Waals surface area contributed by atoms with E-state index in [-0.39, 0.29) is 5.91 Å². The number of fused-ring (bicyclic) bond motifs is 1. The molecule has 3 heterocycles. The van der Waals surface area contributed by atoms with Crippen molar-refractivity contribution >= 4 is 5.91 Å². The van der Waals surface area contributed by atoms with Crippen LogP contribution in [0.3, 0.4) is 0 Å². The largest absolute Gasteiger partial charge is 0.376 e. The SMILES string of the molecule is O=C(NCCC1CCN(Cc2ccccc2)CC1)c1nn(CC2CC2)c2c1COCC2. The molecule has 166 valence electrons. The fourth-order valence-electron chi connectivity index (χ4n) is 4.94. The molecule has 0 atom stereocenters. The van der Waals surface area contributed by atoms with Crippen molar-refractivity contribution in [3.8, 4) is 0 Å². The molecule has 0 unspecified atom stereocenters. The van der Waals surface area contributed by atoms with Crippen LogP contribution in [0.4, 0.5) is 0 Å². The lowest BCUT2D eigenvalue weighted by Gasteiger charge is -2.32. The first-order chi connectivity index (χ1) is 15.3. The van der Waals surface area contributed by atoms with E-state index in [1.807, 2.05) is 0 Å². The normalized spacial score (nSPS) is 19.9. The first-order valence-corrected chi connectivity index (χ1v) is 12.0. The van der Waals surface area contributed by atoms with Crippen LogP contribution in [-0.2, 0) is 30.9 Å². The van der Waals surface area contributed by atoms with E-state index in [1.165, 1.54) is 36.9 Å². The van der Waals surface area contributed by atoms with Gasteiger partial charge in [0.15, 0.2) is 5.69 Å². The Morgan fingerprint density at radius 3 is 2.68 bits per heavy atom. The second kappa shape index (κ2) is 9.53. The highest BCUT2D eigenvalue weighted by atomic mass is 16.5. The summed E-state index contributed by atoms with van der Waals surface area (Å²) in [7, 11) is 0. The smallest absolute Gasteiger partial charge is 0.272 e. The predicted octanol–water partition coefficient (Wildman–Crippen LogP) is 3.40. The van der Waals surface area contributed by atoms with Crippen molar-refractivity contribution in [1.29, 1.82) is 0 Å². The van der Waals surface area contributed by atoms with Gasteiger partial charge < -0.3 is 10.1 Å². The van der Waals surface area contributed by atoms with Gasteiger partial charge in [0.25, 0.3) is 5.91 Å². The molecule has 2 aliphatic heterocycles. The number of nitrogens with one attached hydrogen (secondary N) is 1. The van der Waals surface area contributed by atoms with Gasteiger partial charge in [-0.25, -0.2) is 0 Å². The average molecular weight is 423 g/mol. The summed E-state index contributed by atoms with van der Waals surface area (Å²) in [5.41, 5.74) is 4.21. The molecule has 0 bridgehead atoms. The quantitative estimate of drug-likeness (QED) is 0.708. The Labute approximate surface area is 185 Å². The number of carbonyl (C=O) groups is 1. The van der Waals surface area contributed by atoms with Crippen LogP contribution in [0, 0.1) is 11.8 Å². The van der Waals surface area contributed by atoms with Crippen LogP contribution in [-0.4, -0.2) is 46.8 Å². The minimum atomic E-state index is -0.0298. The van der Waals surface area contributed by atoms with Crippen molar-refractivity contribution in [3.05, 3.63) is 52.8 Å². The van der Waals surface area contributed by atoms with Crippen LogP contribution in [0.15, 0.2) is 30.3 Å². The van der Waals surface area contributed by atoms with E-state index in [1.54, 1.807) is 0 Å². The lowest BCUT2D eigenvalue weighted by molar-refractivity contribution is 0.0920. The molecule has 6 nitrogen and oxygen atoms in total. The van der Waals surface area contributed by atoms with Crippen molar-refractivity contribution < 1.29 is 9.53 Å². The summed E-state index contributed by atoms with van der Waals surface area (Å²) >= 11 is 0. The summed E-state index contributed by atoms with van der Waals surface area (Å²) in [6.07, 6.45) is 6.91. The average Bonchev–Trinajstić information content (AvgIpc) is 3.55. The molecule has 5 rings (SSSR count). The van der Waals surface area contributed by atoms with Crippen molar-refractivity contribution in [2.45, 2.75) is 58.2 Å². The first-order valence-electron chi connectivity index (χ1n) is 12.0. The Hall–Kier alpha value is -2.18. The molecule has 0 radical (unpaired) electrons. The zero-order chi connectivity index (χ0) is 21.0. The molecule has 2 fully saturated rings. The van der Waals surface area contributed by atoms with Crippen molar-refractivity contribution in [2.24, 2.45) is 11.8 Å². The molecular formula is C25H34N4O2. The highest BCUT2D eigenvalue weighted by molar-refractivity contribution is 5.94. The summed E-state index contributed by atoms with van der Waals surface area (Å²) in [5, 5.41) is 7.85. The summed E-state index contributed by atoms with van der Waals surface area (Å²) < 4.78 is 7.73. The second-order valence-corrected chi connectivity index (χ2v) is 9.45. The lowest BCUT2D eigenvalue weighted by Crippen LogP contribution is -2.35. The van der Waals surface area contributed by atoms with Crippen LogP contribution in [0.2, 0.25) is 0 Å². The summed E-state index contributed by atoms with van der Waals surface area (Å²) in [5.74, 6) is 1.41. The third-order valence-corrected chi connectivity index (χ3v) is 7.03. The Kier molecular flexibility index (Phi) is 6.37. The number of benzene rings is 1. The van der Waals surface area contributed by atoms with Gasteiger partial charge in [-0.15, -0.1) is 0 Å². The fourth-order valence-corrected chi connectivity index (χ4v) is 4.94. The number of amides is 1. The Bertz CT molecular complexity index is 882. The number of carbonyl (C=O) groups excluding carboxylic acids is 1. The highest BCUT2D eigenvalue weighted by Gasteiger charge is 2.29. The molecule has 3 aliphatic rings. The van der Waals surface area contributed by atoms with Gasteiger partial charge in [0.2, 0.25) is 0 Å². The maximum atomic E-state index is 12.9. The zero-order valence-corrected chi connectivity index (χ0v) is 18.4. The van der Waals surface area contributed by atoms with E-state index in [9.17, 15) is 4.79 Å². The van der Waals surface area contributed by atoms with Crippen LogP contribution in [0.5, 0.6) is 0 Å². The number of rotatable bonds is 8. The van der Waals surface area contributed by atoms with Gasteiger partial charge in [-0.3, -0.25) is 14.4 Å². The summed E-state index contributed by atoms with van der Waals surface area (Å²) in [4.78, 5) is 15.4. The first kappa shape index (κ1) is 20.7. The summed E-state index contributed by atoms with van der Waals surface area (Å²) in [6, 6.07) is 10.7. The number of ether oxygens (including phenoxy) is 1. The second-order valence-electron chi connectivity index (χ2n) is 9.45. The maximum absolute atomic E-state index is 12.9. The third-order valence-electron chi connectivity index (χ3n) is 7.03. The Morgan fingerprint density at radius 2 is 1.90 bits per heavy atom. The number of aromatic nitrogens is 2. The van der Waals surface area contributed by atoms with Gasteiger partial charge in [0.05, 0.1) is 13.2 Å². The number of hydrogen-bond donors (Lipinski definition) is 1. The molecule has 6 heteroatoms. The van der Waals surface area contributed by atoms with Crippen LogP contribution < -0.4 is 5.32 Å². The summed E-state index contributed by atoms with van der Waals surface area (Å²) in [6.45, 7) is 6.26. The molecule has 31 heavy (non-hydrogen) atoms. The molecule has 1 aliphatic carbocycles. The lowest BCUT2D eigenvalue weighted by atomic mass is 9.93. The minimum absolute atomic E-state index is 0.0298. The molecule has 1 amide bonds. The van der Waals surface area contributed by atoms with Gasteiger partial charge >= 0.3 is 0 Å². The molecular weight excluding hydrogens is 388 g/mol. The predicted molar refractivity (Wildman–Crippen MR) is 120 cm³/mol. The number of likely N-dealkylation sites (tertiary alicyclic amines) is 1. The van der Waals surface area contributed by atoms with Crippen LogP contribution in [0.1, 0.15) is 59.4 Å². The standard InChI is InChI=1S/C25H34N4O2/c30-25(24-22-18-31-15-11-23(22)29(27-24)17-21-6-7-21)26-12-8-19-9-13-28(14-10-19)16-20-4-2-1-3-5-20/h1-5,19,21H,6-18H2,(H,26,30). The van der Waals surface area contributed by atoms with Gasteiger partial charge in [-0.2, -0.15) is 5.10 Å². The van der Waals surface area contributed by atoms with Gasteiger partial charge in [-0.05, 0) is 62.6 Å². The third kappa shape index (κ3) is 5.18. The number of piperidine rings is 1. The van der Waals surface area contributed by atoms with E-state index in [4.69, 9.17) is 9.84 Å². The van der Waals surface area contributed by atoms with E-state index in [0.717, 1.165) is 63.7 Å². The Morgan fingerprint density at radius 1 is 1.10 bits per heavy atom. The van der Waals surface area contributed by atoms with E-state index in [2.05, 4.69) is 45.2 Å². The molecule has 1 aromatic carbocycles. The highest BCUT2D eigenvalue weighted by Crippen LogP contribution is 2.32. The zero-order valence-electron chi connectivity index (χ0n) is 18.4. The fraction of sp³-hybridized carbons (Fsp3) is 0.600. The minimum Gasteiger partial charge on any atom is -0.376 e. The molecule has 2 aromatic rings. The maximum Gasteiger partial charge on any atom is 0.272 e. The topological polar surface area (TPSA) is 59.4 Å². The molecule has 1 saturated heterocycles. The van der Waals surface area contributed by atoms with Gasteiger partial charge in [0.1, 0.15) is 0 Å². The van der Waals surface area contributed by atoms with Crippen molar-refractivity contribution in [2.75, 3.05) is 26.2 Å². The van der Waals surface area contributed by atoms with Crippen molar-refractivity contribution in [3.63, 3.8) is 0 Å². The van der Waals surface area contributed by atoms with Gasteiger partial charge in [0, 0.05) is 37.3 Å². The van der Waals surface area contributed by atoms with Crippen LogP contribution >= 0.6 is 0 Å². The molecule has 1 N–H and O–H groups in total. The van der Waals surface area contributed by atoms with Gasteiger partial charge in [-0.1, -0.05) is 30.3 Å². The molecule has 0 spiro atoms. The van der Waals surface area contributed by atoms with Crippen molar-refractivity contribution in [1.82, 2.24) is 20.0 Å².